The molecule has 6 nitrogen and oxygen atoms in total. The second kappa shape index (κ2) is 7.71. The number of benzene rings is 1. The van der Waals surface area contributed by atoms with E-state index in [-0.39, 0.29) is 10.9 Å². The maximum atomic E-state index is 12.4. The van der Waals surface area contributed by atoms with Crippen molar-refractivity contribution in [2.45, 2.75) is 23.9 Å². The molecular weight excluding hydrogens is 472 g/mol. The Morgan fingerprint density at radius 2 is 2.16 bits per heavy atom. The first kappa shape index (κ1) is 18.8. The molecule has 3 rings (SSSR count). The number of likely N-dealkylation sites (tertiary alicyclic amines) is 1. The average molecular weight is 490 g/mol. The van der Waals surface area contributed by atoms with Crippen molar-refractivity contribution in [2.24, 2.45) is 0 Å². The van der Waals surface area contributed by atoms with Crippen molar-refractivity contribution in [3.63, 3.8) is 0 Å². The lowest BCUT2D eigenvalue weighted by Crippen LogP contribution is -2.37. The fourth-order valence-corrected chi connectivity index (χ4v) is 5.41. The number of anilines is 1. The minimum Gasteiger partial charge on any atom is -0.398 e. The van der Waals surface area contributed by atoms with Gasteiger partial charge >= 0.3 is 0 Å². The van der Waals surface area contributed by atoms with Crippen LogP contribution in [0.2, 0.25) is 0 Å². The molecule has 1 aliphatic rings. The summed E-state index contributed by atoms with van der Waals surface area (Å²) in [4.78, 5) is 6.25. The van der Waals surface area contributed by atoms with Crippen molar-refractivity contribution >= 4 is 47.6 Å². The van der Waals surface area contributed by atoms with Crippen LogP contribution in [0, 0.1) is 0 Å². The summed E-state index contributed by atoms with van der Waals surface area (Å²) in [6.07, 6.45) is 3.67. The van der Waals surface area contributed by atoms with Gasteiger partial charge in [0.2, 0.25) is 10.0 Å². The molecule has 1 fully saturated rings. The quantitative estimate of drug-likeness (QED) is 0.630. The molecule has 2 aromatic rings. The Balaban J connectivity index is 1.65. The summed E-state index contributed by atoms with van der Waals surface area (Å²) in [6.45, 7) is 2.13. The molecule has 1 saturated heterocycles. The second-order valence-electron chi connectivity index (χ2n) is 5.99. The van der Waals surface area contributed by atoms with Crippen LogP contribution < -0.4 is 10.5 Å². The molecule has 0 bridgehead atoms. The summed E-state index contributed by atoms with van der Waals surface area (Å²) in [5.74, 6) is 0. The van der Waals surface area contributed by atoms with Gasteiger partial charge < -0.3 is 5.73 Å². The Kier molecular flexibility index (Phi) is 5.79. The van der Waals surface area contributed by atoms with Gasteiger partial charge in [0.05, 0.1) is 5.69 Å². The molecule has 0 aliphatic carbocycles. The van der Waals surface area contributed by atoms with Crippen molar-refractivity contribution < 1.29 is 8.42 Å². The zero-order chi connectivity index (χ0) is 18.0. The maximum Gasteiger partial charge on any atom is 0.242 e. The fourth-order valence-electron chi connectivity index (χ4n) is 2.88. The SMILES string of the molecule is Nc1c(Br)cc(Br)cc1CN1CC[C@@H](NS(=O)(=O)c2cccnc2)C1. The van der Waals surface area contributed by atoms with E-state index < -0.39 is 10.0 Å². The minimum atomic E-state index is -3.54. The summed E-state index contributed by atoms with van der Waals surface area (Å²) in [6, 6.07) is 6.94. The van der Waals surface area contributed by atoms with E-state index in [9.17, 15) is 8.42 Å². The number of nitrogens with one attached hydrogen (secondary N) is 1. The van der Waals surface area contributed by atoms with Gasteiger partial charge in [-0.3, -0.25) is 9.88 Å². The third-order valence-corrected chi connectivity index (χ3v) is 6.73. The molecule has 1 atom stereocenters. The molecule has 9 heteroatoms. The Labute approximate surface area is 164 Å². The molecule has 25 heavy (non-hydrogen) atoms. The molecule has 1 aromatic carbocycles. The maximum absolute atomic E-state index is 12.4. The van der Waals surface area contributed by atoms with E-state index in [2.05, 4.69) is 46.5 Å². The average Bonchev–Trinajstić information content (AvgIpc) is 2.99. The van der Waals surface area contributed by atoms with Crippen LogP contribution in [0.15, 0.2) is 50.5 Å². The highest BCUT2D eigenvalue weighted by molar-refractivity contribution is 9.11. The number of rotatable bonds is 5. The molecule has 0 spiro atoms. The van der Waals surface area contributed by atoms with E-state index in [0.29, 0.717) is 18.8 Å². The molecule has 2 heterocycles. The Hall–Kier alpha value is -1.00. The summed E-state index contributed by atoms with van der Waals surface area (Å²) >= 11 is 6.93. The van der Waals surface area contributed by atoms with Crippen LogP contribution >= 0.6 is 31.9 Å². The first-order valence-electron chi connectivity index (χ1n) is 7.73. The van der Waals surface area contributed by atoms with Gasteiger partial charge in [-0.15, -0.1) is 0 Å². The predicted molar refractivity (Wildman–Crippen MR) is 104 cm³/mol. The van der Waals surface area contributed by atoms with Crippen molar-refractivity contribution in [2.75, 3.05) is 18.8 Å². The van der Waals surface area contributed by atoms with Gasteiger partial charge in [0.15, 0.2) is 0 Å². The smallest absolute Gasteiger partial charge is 0.242 e. The third kappa shape index (κ3) is 4.59. The topological polar surface area (TPSA) is 88.3 Å². The van der Waals surface area contributed by atoms with Crippen LogP contribution in [0.5, 0.6) is 0 Å². The van der Waals surface area contributed by atoms with Crippen LogP contribution in [0.1, 0.15) is 12.0 Å². The Bertz CT molecular complexity index is 862. The van der Waals surface area contributed by atoms with E-state index >= 15 is 0 Å². The highest BCUT2D eigenvalue weighted by Gasteiger charge is 2.27. The molecule has 0 unspecified atom stereocenters. The van der Waals surface area contributed by atoms with Crippen LogP contribution in [0.25, 0.3) is 0 Å². The fraction of sp³-hybridized carbons (Fsp3) is 0.312. The lowest BCUT2D eigenvalue weighted by atomic mass is 10.2. The molecule has 0 radical (unpaired) electrons. The van der Waals surface area contributed by atoms with Gasteiger partial charge in [0.25, 0.3) is 0 Å². The van der Waals surface area contributed by atoms with E-state index in [1.165, 1.54) is 6.20 Å². The van der Waals surface area contributed by atoms with Gasteiger partial charge in [-0.1, -0.05) is 15.9 Å². The molecule has 1 aromatic heterocycles. The lowest BCUT2D eigenvalue weighted by Gasteiger charge is -2.18. The van der Waals surface area contributed by atoms with Gasteiger partial charge in [0.1, 0.15) is 4.90 Å². The van der Waals surface area contributed by atoms with Crippen molar-refractivity contribution in [3.8, 4) is 0 Å². The number of nitrogens with zero attached hydrogens (tertiary/aromatic N) is 2. The Morgan fingerprint density at radius 3 is 2.88 bits per heavy atom. The summed E-state index contributed by atoms with van der Waals surface area (Å²) in [7, 11) is -3.54. The molecule has 0 saturated carbocycles. The number of nitrogens with two attached hydrogens (primary N) is 1. The third-order valence-electron chi connectivity index (χ3n) is 4.11. The number of hydrogen-bond acceptors (Lipinski definition) is 5. The number of aromatic nitrogens is 1. The van der Waals surface area contributed by atoms with Gasteiger partial charge in [-0.05, 0) is 52.2 Å². The standard InChI is InChI=1S/C16H18Br2N4O2S/c17-12-6-11(16(19)15(18)7-12)9-22-5-3-13(10-22)21-25(23,24)14-2-1-4-20-8-14/h1-2,4,6-8,13,21H,3,5,9-10,19H2/t13-/m1/s1. The van der Waals surface area contributed by atoms with E-state index in [0.717, 1.165) is 27.5 Å². The Morgan fingerprint density at radius 1 is 1.36 bits per heavy atom. The zero-order valence-corrected chi connectivity index (χ0v) is 17.3. The van der Waals surface area contributed by atoms with Crippen LogP contribution in [0.4, 0.5) is 5.69 Å². The molecule has 1 aliphatic heterocycles. The number of hydrogen-bond donors (Lipinski definition) is 2. The highest BCUT2D eigenvalue weighted by atomic mass is 79.9. The molecule has 134 valence electrons. The normalized spacial score (nSPS) is 18.6. The first-order valence-corrected chi connectivity index (χ1v) is 10.8. The summed E-state index contributed by atoms with van der Waals surface area (Å²) < 4.78 is 29.4. The molecule has 0 amide bonds. The highest BCUT2D eigenvalue weighted by Crippen LogP contribution is 2.29. The van der Waals surface area contributed by atoms with Gasteiger partial charge in [-0.25, -0.2) is 13.1 Å². The summed E-state index contributed by atoms with van der Waals surface area (Å²) in [5.41, 5.74) is 7.85. The van der Waals surface area contributed by atoms with Crippen molar-refractivity contribution in [1.82, 2.24) is 14.6 Å². The van der Waals surface area contributed by atoms with E-state index in [1.807, 2.05) is 12.1 Å². The van der Waals surface area contributed by atoms with Crippen molar-refractivity contribution in [1.29, 1.82) is 0 Å². The zero-order valence-electron chi connectivity index (χ0n) is 13.3. The van der Waals surface area contributed by atoms with E-state index in [1.54, 1.807) is 18.3 Å². The number of nitrogen functional groups attached to an aromatic ring is 1. The van der Waals surface area contributed by atoms with Crippen LogP contribution in [0.3, 0.4) is 0 Å². The lowest BCUT2D eigenvalue weighted by molar-refractivity contribution is 0.325. The first-order chi connectivity index (χ1) is 11.8. The predicted octanol–water partition coefficient (Wildman–Crippen LogP) is 2.74. The minimum absolute atomic E-state index is 0.123. The molecule has 3 N–H and O–H groups in total. The largest absolute Gasteiger partial charge is 0.398 e. The number of halogens is 2. The van der Waals surface area contributed by atoms with Crippen molar-refractivity contribution in [3.05, 3.63) is 51.2 Å². The van der Waals surface area contributed by atoms with Gasteiger partial charge in [-0.2, -0.15) is 0 Å². The van der Waals surface area contributed by atoms with E-state index in [4.69, 9.17) is 5.73 Å². The summed E-state index contributed by atoms with van der Waals surface area (Å²) in [5, 5.41) is 0. The van der Waals surface area contributed by atoms with Crippen LogP contribution in [-0.4, -0.2) is 37.4 Å². The monoisotopic (exact) mass is 488 g/mol. The molecular formula is C16H18Br2N4O2S. The van der Waals surface area contributed by atoms with Gasteiger partial charge in [0, 0.05) is 47.0 Å². The number of pyridine rings is 1. The second-order valence-corrected chi connectivity index (χ2v) is 9.48. The number of sulfonamides is 1. The van der Waals surface area contributed by atoms with Crippen LogP contribution in [-0.2, 0) is 16.6 Å².